The van der Waals surface area contributed by atoms with Gasteiger partial charge in [-0.1, -0.05) is 36.4 Å². The topological polar surface area (TPSA) is 87.0 Å². The van der Waals surface area contributed by atoms with E-state index in [1.165, 1.54) is 0 Å². The maximum atomic E-state index is 10.5. The van der Waals surface area contributed by atoms with Crippen LogP contribution in [0.4, 0.5) is 0 Å². The lowest BCUT2D eigenvalue weighted by atomic mass is 9.90. The van der Waals surface area contributed by atoms with E-state index in [9.17, 15) is 15.0 Å². The van der Waals surface area contributed by atoms with Crippen molar-refractivity contribution in [3.8, 4) is 5.75 Å². The maximum absolute atomic E-state index is 10.5. The van der Waals surface area contributed by atoms with E-state index in [2.05, 4.69) is 0 Å². The zero-order valence-corrected chi connectivity index (χ0v) is 16.5. The molecule has 4 atom stereocenters. The van der Waals surface area contributed by atoms with Crippen molar-refractivity contribution in [1.29, 1.82) is 0 Å². The number of hydrogen-bond acceptors (Lipinski definition) is 4. The van der Waals surface area contributed by atoms with Gasteiger partial charge in [-0.05, 0) is 68.6 Å². The number of aliphatic hydroxyl groups excluding tert-OH is 2. The summed E-state index contributed by atoms with van der Waals surface area (Å²) < 4.78 is 5.63. The number of aryl methyl sites for hydroxylation is 1. The van der Waals surface area contributed by atoms with Gasteiger partial charge in [0.25, 0.3) is 0 Å². The lowest BCUT2D eigenvalue weighted by molar-refractivity contribution is -0.137. The van der Waals surface area contributed by atoms with Crippen LogP contribution >= 0.6 is 0 Å². The average molecular weight is 389 g/mol. The molecule has 2 unspecified atom stereocenters. The third kappa shape index (κ3) is 7.87. The van der Waals surface area contributed by atoms with Crippen molar-refractivity contribution in [1.82, 2.24) is 0 Å². The van der Waals surface area contributed by atoms with Crippen molar-refractivity contribution in [2.75, 3.05) is 6.61 Å². The van der Waals surface area contributed by atoms with Crippen LogP contribution in [-0.4, -0.2) is 40.1 Å². The molecule has 3 N–H and O–H groups in total. The highest BCUT2D eigenvalue weighted by molar-refractivity contribution is 5.66. The number of aliphatic hydroxyl groups is 2. The number of aliphatic carboxylic acids is 1. The van der Waals surface area contributed by atoms with Crippen LogP contribution in [0.2, 0.25) is 0 Å². The van der Waals surface area contributed by atoms with Crippen LogP contribution in [0.5, 0.6) is 5.75 Å². The Bertz CT molecular complexity index is 667. The molecule has 0 radical (unpaired) electrons. The van der Waals surface area contributed by atoms with Crippen molar-refractivity contribution in [2.24, 2.45) is 11.8 Å². The Kier molecular flexibility index (Phi) is 9.24. The molecule has 154 valence electrons. The van der Waals surface area contributed by atoms with E-state index in [1.807, 2.05) is 49.4 Å². The fraction of sp³-hybridized carbons (Fsp3) is 0.522. The van der Waals surface area contributed by atoms with E-state index in [0.29, 0.717) is 6.42 Å². The Balaban J connectivity index is 1.76. The fourth-order valence-corrected chi connectivity index (χ4v) is 3.60. The third-order valence-electron chi connectivity index (χ3n) is 5.17. The second-order valence-corrected chi connectivity index (χ2v) is 7.55. The lowest BCUT2D eigenvalue weighted by Gasteiger charge is -2.18. The van der Waals surface area contributed by atoms with E-state index in [-0.39, 0.29) is 31.0 Å². The number of hydrogen-bond donors (Lipinski definition) is 3. The van der Waals surface area contributed by atoms with E-state index < -0.39 is 12.1 Å². The Morgan fingerprint density at radius 3 is 2.89 bits per heavy atom. The molecular formula is C23H32O5. The van der Waals surface area contributed by atoms with E-state index in [0.717, 1.165) is 37.0 Å². The van der Waals surface area contributed by atoms with Crippen LogP contribution in [0, 0.1) is 18.8 Å². The molecule has 28 heavy (non-hydrogen) atoms. The number of unbranched alkanes of at least 4 members (excludes halogenated alkanes) is 1. The summed E-state index contributed by atoms with van der Waals surface area (Å²) in [5, 5.41) is 29.1. The molecule has 1 aliphatic carbocycles. The van der Waals surface area contributed by atoms with Gasteiger partial charge in [0.2, 0.25) is 0 Å². The molecule has 1 aliphatic rings. The second kappa shape index (κ2) is 11.7. The minimum absolute atomic E-state index is 0.136. The second-order valence-electron chi connectivity index (χ2n) is 7.55. The molecule has 1 aromatic rings. The highest BCUT2D eigenvalue weighted by Crippen LogP contribution is 2.36. The zero-order valence-electron chi connectivity index (χ0n) is 16.5. The van der Waals surface area contributed by atoms with Gasteiger partial charge in [-0.2, -0.15) is 0 Å². The lowest BCUT2D eigenvalue weighted by Crippen LogP contribution is -2.19. The van der Waals surface area contributed by atoms with Gasteiger partial charge in [-0.25, -0.2) is 0 Å². The van der Waals surface area contributed by atoms with Gasteiger partial charge in [0.15, 0.2) is 0 Å². The number of carbonyl (C=O) groups is 1. The van der Waals surface area contributed by atoms with Crippen molar-refractivity contribution in [3.63, 3.8) is 0 Å². The molecule has 0 bridgehead atoms. The van der Waals surface area contributed by atoms with Crippen LogP contribution in [0.15, 0.2) is 48.6 Å². The summed E-state index contributed by atoms with van der Waals surface area (Å²) in [5.74, 6) is 0.341. The monoisotopic (exact) mass is 388 g/mol. The van der Waals surface area contributed by atoms with Gasteiger partial charge < -0.3 is 20.1 Å². The summed E-state index contributed by atoms with van der Waals surface area (Å²) in [6.45, 7) is 2.19. The Hall–Kier alpha value is -2.11. The van der Waals surface area contributed by atoms with Crippen LogP contribution < -0.4 is 4.74 Å². The first kappa shape index (κ1) is 22.2. The molecule has 0 spiro atoms. The van der Waals surface area contributed by atoms with E-state index in [4.69, 9.17) is 9.84 Å². The summed E-state index contributed by atoms with van der Waals surface area (Å²) >= 11 is 0. The van der Waals surface area contributed by atoms with Gasteiger partial charge in [-0.15, -0.1) is 0 Å². The van der Waals surface area contributed by atoms with E-state index in [1.54, 1.807) is 6.08 Å². The summed E-state index contributed by atoms with van der Waals surface area (Å²) in [6.07, 6.45) is 10.8. The van der Waals surface area contributed by atoms with E-state index >= 15 is 0 Å². The highest BCUT2D eigenvalue weighted by atomic mass is 16.5. The predicted molar refractivity (Wildman–Crippen MR) is 109 cm³/mol. The Labute approximate surface area is 167 Å². The average Bonchev–Trinajstić information content (AvgIpc) is 3.01. The quantitative estimate of drug-likeness (QED) is 0.396. The van der Waals surface area contributed by atoms with Crippen molar-refractivity contribution in [3.05, 3.63) is 54.1 Å². The van der Waals surface area contributed by atoms with Crippen molar-refractivity contribution >= 4 is 5.97 Å². The number of ether oxygens (including phenoxy) is 1. The van der Waals surface area contributed by atoms with Crippen LogP contribution in [0.25, 0.3) is 0 Å². The normalized spacial score (nSPS) is 23.5. The highest BCUT2D eigenvalue weighted by Gasteiger charge is 2.32. The molecule has 0 saturated heterocycles. The van der Waals surface area contributed by atoms with Crippen LogP contribution in [0.1, 0.15) is 44.1 Å². The number of allylic oxidation sites excluding steroid dienone is 3. The third-order valence-corrected chi connectivity index (χ3v) is 5.17. The molecule has 0 amide bonds. The minimum atomic E-state index is -0.769. The van der Waals surface area contributed by atoms with Gasteiger partial charge in [-0.3, -0.25) is 4.79 Å². The van der Waals surface area contributed by atoms with Crippen molar-refractivity contribution in [2.45, 2.75) is 57.7 Å². The molecule has 0 aliphatic heterocycles. The SMILES string of the molecule is Cc1cccc(OCC(O)C=CC2CC[C@H](O)[C@@H]2CC=CCCCC(=O)O)c1. The zero-order chi connectivity index (χ0) is 20.4. The predicted octanol–water partition coefficient (Wildman–Crippen LogP) is 3.88. The number of rotatable bonds is 11. The molecule has 5 heteroatoms. The summed E-state index contributed by atoms with van der Waals surface area (Å²) in [6, 6.07) is 7.72. The Morgan fingerprint density at radius 2 is 2.14 bits per heavy atom. The number of benzene rings is 1. The van der Waals surface area contributed by atoms with Crippen LogP contribution in [-0.2, 0) is 4.79 Å². The number of carboxylic acids is 1. The largest absolute Gasteiger partial charge is 0.491 e. The number of carboxylic acid groups (broad SMARTS) is 1. The first-order valence-corrected chi connectivity index (χ1v) is 10.1. The van der Waals surface area contributed by atoms with Gasteiger partial charge in [0.05, 0.1) is 6.10 Å². The molecule has 5 nitrogen and oxygen atoms in total. The summed E-state index contributed by atoms with van der Waals surface area (Å²) in [4.78, 5) is 10.5. The van der Waals surface area contributed by atoms with Crippen LogP contribution in [0.3, 0.4) is 0 Å². The fourth-order valence-electron chi connectivity index (χ4n) is 3.60. The van der Waals surface area contributed by atoms with Crippen molar-refractivity contribution < 1.29 is 24.9 Å². The molecule has 2 rings (SSSR count). The smallest absolute Gasteiger partial charge is 0.303 e. The molecule has 1 fully saturated rings. The standard InChI is InChI=1S/C23H32O5/c1-17-7-6-8-20(15-17)28-16-19(24)13-11-18-12-14-22(25)21(18)9-4-2-3-5-10-23(26)27/h2,4,6-8,11,13,15,18-19,21-22,24-25H,3,5,9-10,12,14,16H2,1H3,(H,26,27)/t18?,19?,21-,22+/m1/s1. The van der Waals surface area contributed by atoms with Gasteiger partial charge in [0, 0.05) is 6.42 Å². The molecule has 1 saturated carbocycles. The first-order valence-electron chi connectivity index (χ1n) is 10.1. The Morgan fingerprint density at radius 1 is 1.32 bits per heavy atom. The molecular weight excluding hydrogens is 356 g/mol. The van der Waals surface area contributed by atoms with Gasteiger partial charge >= 0.3 is 5.97 Å². The summed E-state index contributed by atoms with van der Waals surface area (Å²) in [7, 11) is 0. The molecule has 0 heterocycles. The maximum Gasteiger partial charge on any atom is 0.303 e. The first-order chi connectivity index (χ1) is 13.5. The van der Waals surface area contributed by atoms with Gasteiger partial charge in [0.1, 0.15) is 18.5 Å². The summed E-state index contributed by atoms with van der Waals surface area (Å²) in [5.41, 5.74) is 1.11. The minimum Gasteiger partial charge on any atom is -0.491 e. The molecule has 1 aromatic carbocycles. The molecule has 0 aromatic heterocycles.